The van der Waals surface area contributed by atoms with E-state index >= 15 is 0 Å². The molecule has 0 saturated heterocycles. The lowest BCUT2D eigenvalue weighted by atomic mass is 10.0. The second-order valence-electron chi connectivity index (χ2n) is 7.08. The Kier molecular flexibility index (Phi) is 6.09. The average molecular weight is 412 g/mol. The molecular weight excluding hydrogens is 389 g/mol. The molecule has 0 spiro atoms. The molecule has 1 saturated carbocycles. The molecule has 3 aromatic heterocycles. The van der Waals surface area contributed by atoms with Crippen LogP contribution in [0.25, 0.3) is 32.6 Å². The van der Waals surface area contributed by atoms with E-state index in [0.29, 0.717) is 27.9 Å². The van der Waals surface area contributed by atoms with Crippen molar-refractivity contribution in [3.8, 4) is 22.4 Å². The van der Waals surface area contributed by atoms with Crippen molar-refractivity contribution in [1.82, 2.24) is 25.4 Å². The van der Waals surface area contributed by atoms with Gasteiger partial charge in [0.25, 0.3) is 5.56 Å². The van der Waals surface area contributed by atoms with Gasteiger partial charge in [-0.25, -0.2) is 14.5 Å². The number of rotatable bonds is 2. The van der Waals surface area contributed by atoms with E-state index < -0.39 is 5.82 Å². The van der Waals surface area contributed by atoms with E-state index in [-0.39, 0.29) is 5.56 Å². The molecule has 2 N–H and O–H groups in total. The van der Waals surface area contributed by atoms with Gasteiger partial charge in [-0.3, -0.25) is 9.89 Å². The fourth-order valence-corrected chi connectivity index (χ4v) is 4.40. The first-order valence-electron chi connectivity index (χ1n) is 9.85. The fourth-order valence-electron chi connectivity index (χ4n) is 3.58. The van der Waals surface area contributed by atoms with E-state index in [1.807, 2.05) is 0 Å². The minimum atomic E-state index is -0.414. The fraction of sp³-hybridized carbons (Fsp3) is 0.333. The zero-order chi connectivity index (χ0) is 20.1. The third-order valence-electron chi connectivity index (χ3n) is 5.05. The standard InChI is InChI=1S/C14H8FN5OS.C7H14/c15-9-3-8(10-1-2-11(21)20-19-10)14-13(16-6-22-14)12(9)7-4-17-18-5-7;1-2-4-6-7-5-3-1/h1-6H,(H,17,18)(H,20,21);1-7H2. The molecule has 5 rings (SSSR count). The number of aromatic nitrogens is 5. The van der Waals surface area contributed by atoms with Gasteiger partial charge in [-0.1, -0.05) is 44.9 Å². The summed E-state index contributed by atoms with van der Waals surface area (Å²) < 4.78 is 15.4. The first-order chi connectivity index (χ1) is 14.2. The molecule has 3 heterocycles. The Labute approximate surface area is 171 Å². The number of fused-ring (bicyclic) bond motifs is 1. The van der Waals surface area contributed by atoms with E-state index in [2.05, 4.69) is 25.4 Å². The maximum atomic E-state index is 14.6. The topological polar surface area (TPSA) is 87.3 Å². The van der Waals surface area contributed by atoms with Crippen molar-refractivity contribution in [3.05, 3.63) is 52.3 Å². The number of nitrogens with one attached hydrogen (secondary N) is 2. The molecule has 4 aromatic rings. The van der Waals surface area contributed by atoms with Gasteiger partial charge in [0.2, 0.25) is 0 Å². The summed E-state index contributed by atoms with van der Waals surface area (Å²) in [5.41, 5.74) is 4.02. The van der Waals surface area contributed by atoms with Crippen LogP contribution >= 0.6 is 11.3 Å². The molecule has 1 aromatic carbocycles. The molecule has 0 bridgehead atoms. The highest BCUT2D eigenvalue weighted by Gasteiger charge is 2.18. The first kappa shape index (κ1) is 19.4. The number of benzene rings is 1. The zero-order valence-corrected chi connectivity index (χ0v) is 16.8. The van der Waals surface area contributed by atoms with Crippen LogP contribution in [0, 0.1) is 5.82 Å². The van der Waals surface area contributed by atoms with Gasteiger partial charge in [0.1, 0.15) is 5.82 Å². The predicted molar refractivity (Wildman–Crippen MR) is 113 cm³/mol. The van der Waals surface area contributed by atoms with Crippen molar-refractivity contribution in [1.29, 1.82) is 0 Å². The summed E-state index contributed by atoms with van der Waals surface area (Å²) in [5, 5.41) is 12.9. The molecule has 0 aliphatic heterocycles. The van der Waals surface area contributed by atoms with Crippen molar-refractivity contribution < 1.29 is 4.39 Å². The molecule has 8 heteroatoms. The quantitative estimate of drug-likeness (QED) is 0.438. The van der Waals surface area contributed by atoms with Gasteiger partial charge in [-0.05, 0) is 12.1 Å². The Bertz CT molecular complexity index is 1100. The Balaban J connectivity index is 0.000000249. The second-order valence-corrected chi connectivity index (χ2v) is 7.93. The van der Waals surface area contributed by atoms with Gasteiger partial charge in [-0.2, -0.15) is 10.2 Å². The highest BCUT2D eigenvalue weighted by Crippen LogP contribution is 2.38. The number of hydrogen-bond acceptors (Lipinski definition) is 5. The maximum Gasteiger partial charge on any atom is 0.264 e. The number of aromatic amines is 2. The molecule has 6 nitrogen and oxygen atoms in total. The average Bonchev–Trinajstić information content (AvgIpc) is 3.35. The predicted octanol–water partition coefficient (Wildman–Crippen LogP) is 5.31. The first-order valence-corrected chi connectivity index (χ1v) is 10.7. The molecule has 1 aliphatic carbocycles. The monoisotopic (exact) mass is 411 g/mol. The summed E-state index contributed by atoms with van der Waals surface area (Å²) in [4.78, 5) is 15.4. The van der Waals surface area contributed by atoms with Crippen LogP contribution in [-0.2, 0) is 0 Å². The van der Waals surface area contributed by atoms with Gasteiger partial charge in [0.15, 0.2) is 0 Å². The van der Waals surface area contributed by atoms with Crippen LogP contribution in [-0.4, -0.2) is 25.4 Å². The largest absolute Gasteiger partial charge is 0.285 e. The molecular formula is C21H22FN5OS. The van der Waals surface area contributed by atoms with Gasteiger partial charge in [0.05, 0.1) is 27.6 Å². The van der Waals surface area contributed by atoms with Crippen molar-refractivity contribution in [2.45, 2.75) is 44.9 Å². The third kappa shape index (κ3) is 4.42. The lowest BCUT2D eigenvalue weighted by Gasteiger charge is -2.07. The number of H-pyrrole nitrogens is 2. The molecule has 150 valence electrons. The lowest BCUT2D eigenvalue weighted by molar-refractivity contribution is 0.633. The Hall–Kier alpha value is -2.87. The normalized spacial score (nSPS) is 14.2. The number of halogens is 1. The van der Waals surface area contributed by atoms with Crippen molar-refractivity contribution in [2.24, 2.45) is 0 Å². The summed E-state index contributed by atoms with van der Waals surface area (Å²) in [6, 6.07) is 4.32. The molecule has 0 unspecified atom stereocenters. The molecule has 1 fully saturated rings. The summed E-state index contributed by atoms with van der Waals surface area (Å²) in [5.74, 6) is -0.414. The second kappa shape index (κ2) is 9.09. The van der Waals surface area contributed by atoms with E-state index in [1.165, 1.54) is 68.4 Å². The molecule has 0 amide bonds. The molecule has 0 radical (unpaired) electrons. The Morgan fingerprint density at radius 2 is 1.76 bits per heavy atom. The van der Waals surface area contributed by atoms with E-state index in [1.54, 1.807) is 24.0 Å². The van der Waals surface area contributed by atoms with E-state index in [9.17, 15) is 9.18 Å². The van der Waals surface area contributed by atoms with Crippen LogP contribution < -0.4 is 5.56 Å². The van der Waals surface area contributed by atoms with Crippen molar-refractivity contribution >= 4 is 21.6 Å². The minimum Gasteiger partial charge on any atom is -0.285 e. The van der Waals surface area contributed by atoms with E-state index in [0.717, 1.165) is 4.70 Å². The maximum absolute atomic E-state index is 14.6. The van der Waals surface area contributed by atoms with Crippen molar-refractivity contribution in [3.63, 3.8) is 0 Å². The minimum absolute atomic E-state index is 0.306. The SMILES string of the molecule is C1CCCCCC1.O=c1ccc(-c2cc(F)c(-c3cn[nH]c3)c3ncsc23)n[nH]1. The number of thiazole rings is 1. The van der Waals surface area contributed by atoms with Gasteiger partial charge in [0, 0.05) is 29.0 Å². The number of hydrogen-bond donors (Lipinski definition) is 2. The summed E-state index contributed by atoms with van der Waals surface area (Å²) in [6.45, 7) is 0. The highest BCUT2D eigenvalue weighted by molar-refractivity contribution is 7.17. The summed E-state index contributed by atoms with van der Waals surface area (Å²) >= 11 is 1.39. The molecule has 0 atom stereocenters. The molecule has 1 aliphatic rings. The lowest BCUT2D eigenvalue weighted by Crippen LogP contribution is -2.05. The van der Waals surface area contributed by atoms with Crippen LogP contribution in [0.4, 0.5) is 4.39 Å². The van der Waals surface area contributed by atoms with Gasteiger partial charge >= 0.3 is 0 Å². The van der Waals surface area contributed by atoms with Crippen molar-refractivity contribution in [2.75, 3.05) is 0 Å². The number of nitrogens with zero attached hydrogens (tertiary/aromatic N) is 3. The molecule has 29 heavy (non-hydrogen) atoms. The summed E-state index contributed by atoms with van der Waals surface area (Å²) in [6.07, 6.45) is 13.7. The third-order valence-corrected chi connectivity index (χ3v) is 5.91. The van der Waals surface area contributed by atoms with E-state index in [4.69, 9.17) is 0 Å². The van der Waals surface area contributed by atoms with Crippen LogP contribution in [0.15, 0.2) is 40.9 Å². The van der Waals surface area contributed by atoms with Gasteiger partial charge < -0.3 is 0 Å². The van der Waals surface area contributed by atoms with Crippen LogP contribution in [0.2, 0.25) is 0 Å². The Morgan fingerprint density at radius 1 is 1.03 bits per heavy atom. The van der Waals surface area contributed by atoms with Crippen LogP contribution in [0.5, 0.6) is 0 Å². The highest BCUT2D eigenvalue weighted by atomic mass is 32.1. The van der Waals surface area contributed by atoms with Gasteiger partial charge in [-0.15, -0.1) is 11.3 Å². The van der Waals surface area contributed by atoms with Crippen LogP contribution in [0.1, 0.15) is 44.9 Å². The Morgan fingerprint density at radius 3 is 2.34 bits per heavy atom. The van der Waals surface area contributed by atoms with Crippen LogP contribution in [0.3, 0.4) is 0 Å². The zero-order valence-electron chi connectivity index (χ0n) is 15.9. The smallest absolute Gasteiger partial charge is 0.264 e. The summed E-state index contributed by atoms with van der Waals surface area (Å²) in [7, 11) is 0.